The number of carbonyl (C=O) groups excluding carboxylic acids is 1. The Balaban J connectivity index is 2.42. The van der Waals surface area contributed by atoms with E-state index in [0.29, 0.717) is 19.4 Å². The third kappa shape index (κ3) is 3.65. The molecule has 1 unspecified atom stereocenters. The van der Waals surface area contributed by atoms with Gasteiger partial charge in [0.25, 0.3) is 5.91 Å². The summed E-state index contributed by atoms with van der Waals surface area (Å²) < 4.78 is 25.9. The molecule has 0 saturated carbocycles. The lowest BCUT2D eigenvalue weighted by Crippen LogP contribution is -2.48. The smallest absolute Gasteiger partial charge is 0.326 e. The van der Waals surface area contributed by atoms with Crippen LogP contribution in [-0.2, 0) is 14.8 Å². The molecule has 0 bridgehead atoms. The van der Waals surface area contributed by atoms with Gasteiger partial charge in [0.1, 0.15) is 6.04 Å². The normalized spacial score (nSPS) is 18.7. The summed E-state index contributed by atoms with van der Waals surface area (Å²) in [6.45, 7) is 0.301. The highest BCUT2D eigenvalue weighted by molar-refractivity contribution is 7.89. The van der Waals surface area contributed by atoms with Crippen LogP contribution in [0, 0.1) is 0 Å². The molecule has 1 saturated heterocycles. The summed E-state index contributed by atoms with van der Waals surface area (Å²) >= 11 is 6.02. The van der Waals surface area contributed by atoms with Crippen molar-refractivity contribution in [3.8, 4) is 0 Å². The van der Waals surface area contributed by atoms with Crippen LogP contribution in [0.4, 0.5) is 0 Å². The minimum atomic E-state index is -3.73. The number of carbonyl (C=O) groups is 2. The van der Waals surface area contributed by atoms with Crippen molar-refractivity contribution in [2.24, 2.45) is 0 Å². The number of likely N-dealkylation sites (tertiary alicyclic amines) is 1. The fraction of sp³-hybridized carbons (Fsp3) is 0.429. The molecule has 1 heterocycles. The molecule has 23 heavy (non-hydrogen) atoms. The number of carboxylic acid groups (broad SMARTS) is 1. The van der Waals surface area contributed by atoms with Gasteiger partial charge in [-0.2, -0.15) is 0 Å². The molecule has 0 spiro atoms. The maximum absolute atomic E-state index is 12.7. The molecular weight excluding hydrogens is 344 g/mol. The molecule has 1 aliphatic heterocycles. The Morgan fingerprint density at radius 2 is 2.04 bits per heavy atom. The number of rotatable bonds is 4. The van der Waals surface area contributed by atoms with Crippen molar-refractivity contribution in [1.29, 1.82) is 0 Å². The molecule has 1 aliphatic rings. The van der Waals surface area contributed by atoms with Gasteiger partial charge in [0, 0.05) is 6.54 Å². The van der Waals surface area contributed by atoms with Crippen molar-refractivity contribution in [2.75, 3.05) is 13.6 Å². The minimum Gasteiger partial charge on any atom is -0.480 e. The lowest BCUT2D eigenvalue weighted by molar-refractivity contribution is -0.143. The molecule has 0 aromatic heterocycles. The van der Waals surface area contributed by atoms with Crippen LogP contribution in [0.1, 0.15) is 29.6 Å². The summed E-state index contributed by atoms with van der Waals surface area (Å²) in [6.07, 6.45) is 1.79. The van der Waals surface area contributed by atoms with Gasteiger partial charge in [-0.05, 0) is 44.5 Å². The molecule has 126 valence electrons. The number of piperidine rings is 1. The maximum atomic E-state index is 12.7. The average molecular weight is 361 g/mol. The van der Waals surface area contributed by atoms with Crippen molar-refractivity contribution >= 4 is 33.5 Å². The number of hydrogen-bond donors (Lipinski definition) is 2. The van der Waals surface area contributed by atoms with E-state index in [1.165, 1.54) is 30.1 Å². The van der Waals surface area contributed by atoms with E-state index < -0.39 is 27.9 Å². The van der Waals surface area contributed by atoms with E-state index in [4.69, 9.17) is 11.6 Å². The van der Waals surface area contributed by atoms with E-state index in [1.807, 2.05) is 0 Å². The third-order valence-electron chi connectivity index (χ3n) is 3.80. The number of hydrogen-bond acceptors (Lipinski definition) is 4. The first-order chi connectivity index (χ1) is 10.8. The topological polar surface area (TPSA) is 104 Å². The zero-order valence-corrected chi connectivity index (χ0v) is 14.0. The SMILES string of the molecule is CNS(=O)(=O)c1ccc(Cl)c(C(=O)N2CCCCC2C(=O)O)c1. The summed E-state index contributed by atoms with van der Waals surface area (Å²) in [5.41, 5.74) is -0.0175. The van der Waals surface area contributed by atoms with Gasteiger partial charge in [0.05, 0.1) is 15.5 Å². The number of nitrogens with one attached hydrogen (secondary N) is 1. The fourth-order valence-electron chi connectivity index (χ4n) is 2.54. The van der Waals surface area contributed by atoms with Gasteiger partial charge in [-0.25, -0.2) is 17.9 Å². The Morgan fingerprint density at radius 3 is 2.65 bits per heavy atom. The van der Waals surface area contributed by atoms with Gasteiger partial charge in [-0.3, -0.25) is 4.79 Å². The van der Waals surface area contributed by atoms with E-state index in [-0.39, 0.29) is 15.5 Å². The number of halogens is 1. The van der Waals surface area contributed by atoms with Crippen LogP contribution >= 0.6 is 11.6 Å². The zero-order chi connectivity index (χ0) is 17.2. The Morgan fingerprint density at radius 1 is 1.35 bits per heavy atom. The number of nitrogens with zero attached hydrogens (tertiary/aromatic N) is 1. The van der Waals surface area contributed by atoms with Crippen LogP contribution in [0.25, 0.3) is 0 Å². The second-order valence-corrected chi connectivity index (χ2v) is 7.49. The quantitative estimate of drug-likeness (QED) is 0.842. The van der Waals surface area contributed by atoms with Crippen LogP contribution in [0.2, 0.25) is 5.02 Å². The number of carboxylic acids is 1. The van der Waals surface area contributed by atoms with Gasteiger partial charge < -0.3 is 10.0 Å². The predicted molar refractivity (Wildman–Crippen MR) is 84.0 cm³/mol. The van der Waals surface area contributed by atoms with E-state index in [9.17, 15) is 23.1 Å². The van der Waals surface area contributed by atoms with E-state index in [1.54, 1.807) is 0 Å². The third-order valence-corrected chi connectivity index (χ3v) is 5.54. The Hall–Kier alpha value is -1.64. The number of aliphatic carboxylic acids is 1. The van der Waals surface area contributed by atoms with Crippen LogP contribution in [0.15, 0.2) is 23.1 Å². The van der Waals surface area contributed by atoms with Crippen molar-refractivity contribution < 1.29 is 23.1 Å². The first-order valence-corrected chi connectivity index (χ1v) is 8.91. The molecule has 1 fully saturated rings. The number of sulfonamides is 1. The molecule has 0 radical (unpaired) electrons. The highest BCUT2D eigenvalue weighted by Crippen LogP contribution is 2.25. The van der Waals surface area contributed by atoms with Gasteiger partial charge in [-0.1, -0.05) is 11.6 Å². The van der Waals surface area contributed by atoms with Crippen molar-refractivity contribution in [2.45, 2.75) is 30.2 Å². The molecule has 2 N–H and O–H groups in total. The van der Waals surface area contributed by atoms with Crippen molar-refractivity contribution in [3.05, 3.63) is 28.8 Å². The molecule has 1 amide bonds. The van der Waals surface area contributed by atoms with Crippen molar-refractivity contribution in [3.63, 3.8) is 0 Å². The number of benzene rings is 1. The maximum Gasteiger partial charge on any atom is 0.326 e. The van der Waals surface area contributed by atoms with Crippen LogP contribution in [-0.4, -0.2) is 49.9 Å². The molecule has 1 aromatic carbocycles. The summed E-state index contributed by atoms with van der Waals surface area (Å²) in [4.78, 5) is 25.1. The lowest BCUT2D eigenvalue weighted by Gasteiger charge is -2.33. The molecule has 9 heteroatoms. The predicted octanol–water partition coefficient (Wildman–Crippen LogP) is 1.33. The van der Waals surface area contributed by atoms with Gasteiger partial charge in [0.15, 0.2) is 0 Å². The first kappa shape index (κ1) is 17.7. The van der Waals surface area contributed by atoms with Crippen LogP contribution in [0.3, 0.4) is 0 Å². The Kier molecular flexibility index (Phi) is 5.28. The standard InChI is InChI=1S/C14H17ClN2O5S/c1-16-23(21,22)9-5-6-11(15)10(8-9)13(18)17-7-3-2-4-12(17)14(19)20/h5-6,8,12,16H,2-4,7H2,1H3,(H,19,20). The average Bonchev–Trinajstić information content (AvgIpc) is 2.54. The Bertz CT molecular complexity index is 735. The summed E-state index contributed by atoms with van der Waals surface area (Å²) in [5, 5.41) is 9.35. The molecule has 0 aliphatic carbocycles. The summed E-state index contributed by atoms with van der Waals surface area (Å²) in [6, 6.07) is 2.86. The Labute approximate surface area is 139 Å². The molecule has 1 atom stereocenters. The minimum absolute atomic E-state index is 0.0175. The molecule has 2 rings (SSSR count). The molecule has 7 nitrogen and oxygen atoms in total. The monoisotopic (exact) mass is 360 g/mol. The highest BCUT2D eigenvalue weighted by atomic mass is 35.5. The first-order valence-electron chi connectivity index (χ1n) is 7.05. The second kappa shape index (κ2) is 6.86. The lowest BCUT2D eigenvalue weighted by atomic mass is 10.0. The largest absolute Gasteiger partial charge is 0.480 e. The van der Waals surface area contributed by atoms with Gasteiger partial charge in [0.2, 0.25) is 10.0 Å². The number of amides is 1. The van der Waals surface area contributed by atoms with E-state index in [0.717, 1.165) is 6.42 Å². The summed E-state index contributed by atoms with van der Waals surface area (Å²) in [5.74, 6) is -1.65. The zero-order valence-electron chi connectivity index (χ0n) is 12.5. The highest BCUT2D eigenvalue weighted by Gasteiger charge is 2.33. The second-order valence-electron chi connectivity index (χ2n) is 5.20. The van der Waals surface area contributed by atoms with E-state index >= 15 is 0 Å². The molecule has 1 aromatic rings. The summed E-state index contributed by atoms with van der Waals surface area (Å²) in [7, 11) is -2.47. The van der Waals surface area contributed by atoms with E-state index in [2.05, 4.69) is 4.72 Å². The van der Waals surface area contributed by atoms with Gasteiger partial charge >= 0.3 is 5.97 Å². The van der Waals surface area contributed by atoms with Crippen molar-refractivity contribution in [1.82, 2.24) is 9.62 Å². The molecular formula is C14H17ClN2O5S. The van der Waals surface area contributed by atoms with Crippen LogP contribution in [0.5, 0.6) is 0 Å². The van der Waals surface area contributed by atoms with Crippen LogP contribution < -0.4 is 4.72 Å². The van der Waals surface area contributed by atoms with Gasteiger partial charge in [-0.15, -0.1) is 0 Å². The fourth-order valence-corrected chi connectivity index (χ4v) is 3.49.